The summed E-state index contributed by atoms with van der Waals surface area (Å²) in [5, 5.41) is 8.37. The zero-order chi connectivity index (χ0) is 29.4. The fraction of sp³-hybridized carbons (Fsp3) is 0.267. The number of nitrogens with one attached hydrogen (secondary N) is 1. The van der Waals surface area contributed by atoms with E-state index in [9.17, 15) is 9.59 Å². The monoisotopic (exact) mass is 584 g/mol. The van der Waals surface area contributed by atoms with Crippen molar-refractivity contribution in [1.29, 1.82) is 0 Å². The number of benzene rings is 1. The Labute approximate surface area is 246 Å². The van der Waals surface area contributed by atoms with Crippen LogP contribution in [0.15, 0.2) is 66.1 Å². The molecule has 1 aromatic carbocycles. The lowest BCUT2D eigenvalue weighted by Gasteiger charge is -2.24. The van der Waals surface area contributed by atoms with Crippen molar-refractivity contribution in [3.63, 3.8) is 0 Å². The fourth-order valence-electron chi connectivity index (χ4n) is 5.13. The second kappa shape index (κ2) is 11.3. The number of nitrogens with zero attached hydrogens (tertiary/aromatic N) is 6. The molecule has 0 radical (unpaired) electrons. The molecular formula is C30H29ClN8O3. The van der Waals surface area contributed by atoms with E-state index in [0.717, 1.165) is 35.0 Å². The molecule has 1 saturated heterocycles. The second-order valence-corrected chi connectivity index (χ2v) is 10.9. The fourth-order valence-corrected chi connectivity index (χ4v) is 5.24. The number of anilines is 2. The van der Waals surface area contributed by atoms with Crippen LogP contribution < -0.4 is 16.5 Å². The highest BCUT2D eigenvalue weighted by atomic mass is 35.5. The van der Waals surface area contributed by atoms with Gasteiger partial charge < -0.3 is 20.4 Å². The summed E-state index contributed by atoms with van der Waals surface area (Å²) in [6.07, 6.45) is 8.38. The molecule has 5 aromatic rings. The van der Waals surface area contributed by atoms with Crippen molar-refractivity contribution in [2.24, 2.45) is 0 Å². The van der Waals surface area contributed by atoms with Gasteiger partial charge in [-0.2, -0.15) is 5.10 Å². The lowest BCUT2D eigenvalue weighted by molar-refractivity contribution is 0.0706. The molecule has 11 nitrogen and oxygen atoms in total. The Morgan fingerprint density at radius 2 is 1.81 bits per heavy atom. The first kappa shape index (κ1) is 27.6. The van der Waals surface area contributed by atoms with Crippen LogP contribution in [-0.4, -0.2) is 48.4 Å². The largest absolute Gasteiger partial charge is 0.383 e. The maximum absolute atomic E-state index is 13.3. The Morgan fingerprint density at radius 1 is 1.05 bits per heavy atom. The summed E-state index contributed by atoms with van der Waals surface area (Å²) in [6.45, 7) is 5.22. The van der Waals surface area contributed by atoms with E-state index < -0.39 is 11.3 Å². The quantitative estimate of drug-likeness (QED) is 0.279. The van der Waals surface area contributed by atoms with E-state index in [4.69, 9.17) is 22.1 Å². The van der Waals surface area contributed by atoms with E-state index in [1.54, 1.807) is 35.1 Å². The SMILES string of the molecule is CC(C)n1cc(-c2ccc(Cl)cn2)c(=O)c(C(=O)Nc2ccc(-c3cn(C4CCOCC4)c4ncnc(N)c34)cc2)n1. The number of rotatable bonds is 6. The summed E-state index contributed by atoms with van der Waals surface area (Å²) in [7, 11) is 0. The molecule has 0 unspecified atom stereocenters. The number of carbonyl (C=O) groups is 1. The van der Waals surface area contributed by atoms with Crippen LogP contribution in [0.25, 0.3) is 33.4 Å². The minimum absolute atomic E-state index is 0.0952. The van der Waals surface area contributed by atoms with E-state index in [-0.39, 0.29) is 23.3 Å². The third kappa shape index (κ3) is 5.24. The van der Waals surface area contributed by atoms with Crippen molar-refractivity contribution < 1.29 is 9.53 Å². The van der Waals surface area contributed by atoms with E-state index >= 15 is 0 Å². The number of hydrogen-bond acceptors (Lipinski definition) is 8. The lowest BCUT2D eigenvalue weighted by Crippen LogP contribution is -2.28. The van der Waals surface area contributed by atoms with Gasteiger partial charge in [0.25, 0.3) is 5.91 Å². The standard InChI is InChI=1S/C30H29ClN8O3/c1-17(2)39-15-23(24-8-5-19(31)13-33-24)27(40)26(37-39)30(41)36-20-6-3-18(4-7-20)22-14-38(21-9-11-42-12-10-21)29-25(22)28(32)34-16-35-29/h3-8,13-17,21H,9-12H2,1-2H3,(H,36,41)(H2,32,34,35). The highest BCUT2D eigenvalue weighted by Crippen LogP contribution is 2.36. The van der Waals surface area contributed by atoms with Gasteiger partial charge in [0.1, 0.15) is 17.8 Å². The average Bonchev–Trinajstić information content (AvgIpc) is 3.39. The van der Waals surface area contributed by atoms with Gasteiger partial charge in [0.15, 0.2) is 5.69 Å². The number of aromatic nitrogens is 6. The Kier molecular flexibility index (Phi) is 7.44. The molecule has 5 heterocycles. The number of carbonyl (C=O) groups excluding carboxylic acids is 1. The van der Waals surface area contributed by atoms with E-state index in [2.05, 4.69) is 36.1 Å². The summed E-state index contributed by atoms with van der Waals surface area (Å²) in [5.41, 5.74) is 9.31. The molecule has 3 N–H and O–H groups in total. The summed E-state index contributed by atoms with van der Waals surface area (Å²) in [5.74, 6) is -0.215. The van der Waals surface area contributed by atoms with Crippen LogP contribution in [0.5, 0.6) is 0 Å². The molecule has 0 spiro atoms. The number of nitrogen functional groups attached to an aromatic ring is 1. The van der Waals surface area contributed by atoms with E-state index in [0.29, 0.717) is 35.4 Å². The summed E-state index contributed by atoms with van der Waals surface area (Å²) in [4.78, 5) is 39.7. The first-order valence-electron chi connectivity index (χ1n) is 13.7. The van der Waals surface area contributed by atoms with Gasteiger partial charge in [-0.25, -0.2) is 9.97 Å². The molecule has 1 aliphatic heterocycles. The predicted molar refractivity (Wildman–Crippen MR) is 162 cm³/mol. The van der Waals surface area contributed by atoms with E-state index in [1.165, 1.54) is 12.5 Å². The molecule has 1 fully saturated rings. The van der Waals surface area contributed by atoms with Crippen molar-refractivity contribution >= 4 is 40.0 Å². The minimum Gasteiger partial charge on any atom is -0.383 e. The number of nitrogens with two attached hydrogens (primary N) is 1. The second-order valence-electron chi connectivity index (χ2n) is 10.4. The van der Waals surface area contributed by atoms with Crippen molar-refractivity contribution in [3.05, 3.63) is 82.3 Å². The molecule has 4 aromatic heterocycles. The number of amides is 1. The Hall–Kier alpha value is -4.61. The summed E-state index contributed by atoms with van der Waals surface area (Å²) < 4.78 is 9.28. The molecule has 1 amide bonds. The number of ether oxygens (including phenoxy) is 1. The molecule has 214 valence electrons. The van der Waals surface area contributed by atoms with Gasteiger partial charge in [0, 0.05) is 55.1 Å². The number of pyridine rings is 1. The first-order valence-corrected chi connectivity index (χ1v) is 14.0. The van der Waals surface area contributed by atoms with Gasteiger partial charge in [0.05, 0.1) is 21.7 Å². The molecule has 0 bridgehead atoms. The first-order chi connectivity index (χ1) is 20.3. The van der Waals surface area contributed by atoms with Crippen LogP contribution in [0.1, 0.15) is 49.3 Å². The maximum Gasteiger partial charge on any atom is 0.280 e. The van der Waals surface area contributed by atoms with Crippen LogP contribution >= 0.6 is 11.6 Å². The zero-order valence-corrected chi connectivity index (χ0v) is 23.9. The van der Waals surface area contributed by atoms with Crippen LogP contribution in [0.3, 0.4) is 0 Å². The molecule has 0 saturated carbocycles. The van der Waals surface area contributed by atoms with Crippen molar-refractivity contribution in [1.82, 2.24) is 29.3 Å². The van der Waals surface area contributed by atoms with Crippen molar-refractivity contribution in [2.75, 3.05) is 24.3 Å². The third-order valence-corrected chi connectivity index (χ3v) is 7.58. The molecular weight excluding hydrogens is 556 g/mol. The topological polar surface area (TPSA) is 143 Å². The number of halogens is 1. The number of fused-ring (bicyclic) bond motifs is 1. The molecule has 0 atom stereocenters. The molecule has 6 rings (SSSR count). The minimum atomic E-state index is -0.619. The Morgan fingerprint density at radius 3 is 2.50 bits per heavy atom. The highest BCUT2D eigenvalue weighted by molar-refractivity contribution is 6.30. The molecule has 0 aliphatic carbocycles. The lowest BCUT2D eigenvalue weighted by atomic mass is 10.1. The van der Waals surface area contributed by atoms with Gasteiger partial charge in [-0.05, 0) is 56.5 Å². The highest BCUT2D eigenvalue weighted by Gasteiger charge is 2.23. The average molecular weight is 585 g/mol. The normalized spacial score (nSPS) is 14.0. The summed E-state index contributed by atoms with van der Waals surface area (Å²) >= 11 is 5.98. The van der Waals surface area contributed by atoms with Gasteiger partial charge in [-0.3, -0.25) is 19.3 Å². The van der Waals surface area contributed by atoms with Crippen LogP contribution in [0.2, 0.25) is 5.02 Å². The third-order valence-electron chi connectivity index (χ3n) is 7.36. The molecule has 42 heavy (non-hydrogen) atoms. The van der Waals surface area contributed by atoms with Gasteiger partial charge in [-0.1, -0.05) is 23.7 Å². The zero-order valence-electron chi connectivity index (χ0n) is 23.1. The number of hydrogen-bond donors (Lipinski definition) is 2. The van der Waals surface area contributed by atoms with Crippen LogP contribution in [0, 0.1) is 0 Å². The maximum atomic E-state index is 13.3. The van der Waals surface area contributed by atoms with Gasteiger partial charge in [0.2, 0.25) is 5.43 Å². The molecule has 12 heteroatoms. The van der Waals surface area contributed by atoms with E-state index in [1.807, 2.05) is 26.0 Å². The summed E-state index contributed by atoms with van der Waals surface area (Å²) in [6, 6.07) is 10.8. The smallest absolute Gasteiger partial charge is 0.280 e. The Bertz CT molecular complexity index is 1830. The molecule has 1 aliphatic rings. The van der Waals surface area contributed by atoms with Gasteiger partial charge >= 0.3 is 0 Å². The van der Waals surface area contributed by atoms with Crippen LogP contribution in [-0.2, 0) is 4.74 Å². The van der Waals surface area contributed by atoms with Crippen LogP contribution in [0.4, 0.5) is 11.5 Å². The van der Waals surface area contributed by atoms with Crippen molar-refractivity contribution in [2.45, 2.75) is 38.8 Å². The van der Waals surface area contributed by atoms with Gasteiger partial charge in [-0.15, -0.1) is 0 Å². The van der Waals surface area contributed by atoms with Crippen molar-refractivity contribution in [3.8, 4) is 22.4 Å². The predicted octanol–water partition coefficient (Wildman–Crippen LogP) is 5.14. The Balaban J connectivity index is 1.31.